The smallest absolute Gasteiger partial charge is 0.0164 e. The van der Waals surface area contributed by atoms with Crippen molar-refractivity contribution in [2.75, 3.05) is 13.1 Å². The van der Waals surface area contributed by atoms with Crippen LogP contribution in [0.25, 0.3) is 0 Å². The van der Waals surface area contributed by atoms with Crippen molar-refractivity contribution in [3.8, 4) is 0 Å². The van der Waals surface area contributed by atoms with Crippen LogP contribution in [0.1, 0.15) is 13.3 Å². The summed E-state index contributed by atoms with van der Waals surface area (Å²) >= 11 is 5.10. The third-order valence-electron chi connectivity index (χ3n) is 1.76. The van der Waals surface area contributed by atoms with E-state index in [1.807, 2.05) is 0 Å². The summed E-state index contributed by atoms with van der Waals surface area (Å²) in [6.45, 7) is 4.43. The van der Waals surface area contributed by atoms with Crippen LogP contribution in [0.2, 0.25) is 0 Å². The van der Waals surface area contributed by atoms with Crippen LogP contribution in [0, 0.1) is 5.92 Å². The Hall–Kier alpha value is 0.310. The molecule has 0 aromatic rings. The van der Waals surface area contributed by atoms with E-state index in [0.29, 0.717) is 5.25 Å². The van der Waals surface area contributed by atoms with Gasteiger partial charge < -0.3 is 5.32 Å². The molecule has 1 rings (SSSR count). The summed E-state index contributed by atoms with van der Waals surface area (Å²) in [4.78, 5) is 0. The maximum Gasteiger partial charge on any atom is 0.0164 e. The average Bonchev–Trinajstić information content (AvgIpc) is 2.12. The zero-order valence-corrected chi connectivity index (χ0v) is 6.00. The van der Waals surface area contributed by atoms with Gasteiger partial charge in [-0.15, -0.1) is 0 Å². The van der Waals surface area contributed by atoms with E-state index in [1.54, 1.807) is 0 Å². The summed E-state index contributed by atoms with van der Waals surface area (Å²) in [5.41, 5.74) is 0. The summed E-state index contributed by atoms with van der Waals surface area (Å²) < 4.78 is 0. The molecule has 1 aliphatic heterocycles. The fourth-order valence-corrected chi connectivity index (χ4v) is 1.31. The molecule has 0 aliphatic carbocycles. The quantitative estimate of drug-likeness (QED) is 0.562. The molecule has 1 heterocycles. The van der Waals surface area contributed by atoms with Crippen LogP contribution in [0.15, 0.2) is 0 Å². The zero-order valence-electron chi connectivity index (χ0n) is 5.18. The summed E-state index contributed by atoms with van der Waals surface area (Å²) in [5.74, 6) is 0.769. The van der Waals surface area contributed by atoms with E-state index in [4.69, 9.17) is 12.6 Å². The van der Waals surface area contributed by atoms with E-state index < -0.39 is 0 Å². The van der Waals surface area contributed by atoms with Gasteiger partial charge >= 0.3 is 0 Å². The van der Waals surface area contributed by atoms with Gasteiger partial charge in [0.05, 0.1) is 0 Å². The predicted molar refractivity (Wildman–Crippen MR) is 38.0 cm³/mol. The van der Waals surface area contributed by atoms with Gasteiger partial charge in [0, 0.05) is 5.25 Å². The van der Waals surface area contributed by atoms with Crippen molar-refractivity contribution >= 4 is 12.6 Å². The van der Waals surface area contributed by atoms with Gasteiger partial charge in [0.2, 0.25) is 0 Å². The lowest BCUT2D eigenvalue weighted by atomic mass is 10.1. The Morgan fingerprint density at radius 3 is 2.75 bits per heavy atom. The van der Waals surface area contributed by atoms with E-state index in [-0.39, 0.29) is 0 Å². The van der Waals surface area contributed by atoms with Gasteiger partial charge in [-0.3, -0.25) is 0 Å². The highest BCUT2D eigenvalue weighted by atomic mass is 32.1. The van der Waals surface area contributed by atoms with E-state index in [2.05, 4.69) is 12.2 Å². The molecule has 1 N–H and O–H groups in total. The molecule has 1 nitrogen and oxygen atoms in total. The fourth-order valence-electron chi connectivity index (χ4n) is 1.08. The van der Waals surface area contributed by atoms with Crippen molar-refractivity contribution in [3.05, 3.63) is 0 Å². The van der Waals surface area contributed by atoms with Gasteiger partial charge in [-0.2, -0.15) is 0 Å². The molecule has 47 valence electrons. The molecule has 0 spiro atoms. The van der Waals surface area contributed by atoms with Crippen molar-refractivity contribution in [2.24, 2.45) is 5.92 Å². The van der Waals surface area contributed by atoms with Crippen molar-refractivity contribution in [1.82, 2.24) is 5.32 Å². The fraction of sp³-hybridized carbons (Fsp3) is 1.00. The average molecular weight is 130 g/mol. The lowest BCUT2D eigenvalue weighted by Crippen LogP contribution is -2.15. The molecule has 0 aromatic heterocycles. The number of nitrogens with one attached hydrogen (secondary N) is 1. The third kappa shape index (κ3) is 1.39. The highest BCUT2D eigenvalue weighted by molar-refractivity contribution is 7.80. The highest BCUT2D eigenvalue weighted by Gasteiger charge is 2.18. The van der Waals surface area contributed by atoms with Gasteiger partial charge in [-0.25, -0.2) is 0 Å². The lowest BCUT2D eigenvalue weighted by Gasteiger charge is -2.08. The van der Waals surface area contributed by atoms with Crippen LogP contribution in [0.3, 0.4) is 0 Å². The second kappa shape index (κ2) is 2.74. The first-order valence-corrected chi connectivity index (χ1v) is 3.64. The molecule has 0 saturated carbocycles. The van der Waals surface area contributed by atoms with Crippen LogP contribution >= 0.6 is 12.6 Å². The van der Waals surface area contributed by atoms with Gasteiger partial charge in [-0.05, 0) is 25.4 Å². The molecule has 2 heteroatoms. The predicted octanol–water partition coefficient (Wildman–Crippen LogP) is 1.18. The summed E-state index contributed by atoms with van der Waals surface area (Å²) in [6.07, 6.45) is 1.28. The van der Waals surface area contributed by atoms with Gasteiger partial charge in [-0.1, -0.05) is 19.6 Å². The van der Waals surface area contributed by atoms with Gasteiger partial charge in [0.1, 0.15) is 0 Å². The van der Waals surface area contributed by atoms with Crippen LogP contribution in [-0.2, 0) is 0 Å². The molecule has 0 bridgehead atoms. The summed E-state index contributed by atoms with van der Waals surface area (Å²) in [7, 11) is 0. The maximum absolute atomic E-state index is 5.10. The zero-order chi connectivity index (χ0) is 5.98. The summed E-state index contributed by atoms with van der Waals surface area (Å²) in [5, 5.41) is 3.75. The Labute approximate surface area is 56.3 Å². The molecule has 1 radical (unpaired) electrons. The minimum absolute atomic E-state index is 0.463. The molecule has 8 heavy (non-hydrogen) atoms. The normalized spacial score (nSPS) is 33.0. The SMILES string of the molecule is CC([S])C1CCNC1. The first-order chi connectivity index (χ1) is 3.80. The Morgan fingerprint density at radius 1 is 1.75 bits per heavy atom. The van der Waals surface area contributed by atoms with E-state index in [0.717, 1.165) is 12.5 Å². The van der Waals surface area contributed by atoms with Gasteiger partial charge in [0.25, 0.3) is 0 Å². The molecule has 0 amide bonds. The van der Waals surface area contributed by atoms with Crippen molar-refractivity contribution in [1.29, 1.82) is 0 Å². The molecule has 0 aromatic carbocycles. The molecular formula is C6H12NS. The minimum atomic E-state index is 0.463. The number of hydrogen-bond donors (Lipinski definition) is 1. The molecule has 2 unspecified atom stereocenters. The Balaban J connectivity index is 2.24. The van der Waals surface area contributed by atoms with Crippen LogP contribution in [0.4, 0.5) is 0 Å². The van der Waals surface area contributed by atoms with Crippen LogP contribution in [-0.4, -0.2) is 18.3 Å². The molecular weight excluding hydrogens is 118 g/mol. The molecule has 1 fully saturated rings. The molecule has 1 aliphatic rings. The Morgan fingerprint density at radius 2 is 2.50 bits per heavy atom. The molecule has 2 atom stereocenters. The minimum Gasteiger partial charge on any atom is -0.316 e. The first-order valence-electron chi connectivity index (χ1n) is 3.17. The van der Waals surface area contributed by atoms with Crippen LogP contribution in [0.5, 0.6) is 0 Å². The second-order valence-electron chi connectivity index (χ2n) is 2.46. The van der Waals surface area contributed by atoms with Gasteiger partial charge in [0.15, 0.2) is 0 Å². The third-order valence-corrected chi connectivity index (χ3v) is 2.15. The van der Waals surface area contributed by atoms with Crippen molar-refractivity contribution < 1.29 is 0 Å². The van der Waals surface area contributed by atoms with Crippen LogP contribution < -0.4 is 5.32 Å². The van der Waals surface area contributed by atoms with E-state index >= 15 is 0 Å². The maximum atomic E-state index is 5.10. The van der Waals surface area contributed by atoms with Crippen molar-refractivity contribution in [3.63, 3.8) is 0 Å². The van der Waals surface area contributed by atoms with E-state index in [1.165, 1.54) is 13.0 Å². The highest BCUT2D eigenvalue weighted by Crippen LogP contribution is 2.15. The number of hydrogen-bond acceptors (Lipinski definition) is 1. The largest absolute Gasteiger partial charge is 0.316 e. The second-order valence-corrected chi connectivity index (χ2v) is 3.20. The first kappa shape index (κ1) is 6.43. The standard InChI is InChI=1S/C6H12NS/c1-5(8)6-2-3-7-4-6/h5-7H,2-4H2,1H3. The molecule has 1 saturated heterocycles. The number of rotatable bonds is 1. The Kier molecular flexibility index (Phi) is 2.20. The van der Waals surface area contributed by atoms with E-state index in [9.17, 15) is 0 Å². The summed E-state index contributed by atoms with van der Waals surface area (Å²) in [6, 6.07) is 0. The Bertz CT molecular complexity index is 66.9. The monoisotopic (exact) mass is 130 g/mol. The lowest BCUT2D eigenvalue weighted by molar-refractivity contribution is 0.580. The van der Waals surface area contributed by atoms with Crippen molar-refractivity contribution in [2.45, 2.75) is 18.6 Å². The topological polar surface area (TPSA) is 12.0 Å².